The number of pyridine rings is 2. The van der Waals surface area contributed by atoms with Crippen LogP contribution in [0.5, 0.6) is 0 Å². The average molecular weight is 673 g/mol. The minimum absolute atomic E-state index is 0.00713. The molecule has 0 saturated heterocycles. The van der Waals surface area contributed by atoms with Gasteiger partial charge < -0.3 is 49.8 Å². The van der Waals surface area contributed by atoms with Gasteiger partial charge in [0.25, 0.3) is 0 Å². The standard InChI is InChI=1S/2C17H28N4O3/c2*1-6-24-7-13-20-14-15(11(2)12(3)19-16(14)18)21(13)8-17(4,9-22)10-23-5/h2*22H,6-10H2,1-5H3,(H2,18,19)/t2*17-/m10/s1. The normalized spacial score (nSPS) is 14.2. The number of nitrogen functional groups attached to an aromatic ring is 2. The van der Waals surface area contributed by atoms with Crippen LogP contribution < -0.4 is 11.5 Å². The number of hydrogen-bond acceptors (Lipinski definition) is 12. The summed E-state index contributed by atoms with van der Waals surface area (Å²) >= 11 is 0. The zero-order valence-electron chi connectivity index (χ0n) is 30.4. The predicted molar refractivity (Wildman–Crippen MR) is 188 cm³/mol. The molecule has 6 N–H and O–H groups in total. The summed E-state index contributed by atoms with van der Waals surface area (Å²) < 4.78 is 25.9. The fraction of sp³-hybridized carbons (Fsp3) is 0.647. The van der Waals surface area contributed by atoms with Crippen molar-refractivity contribution in [2.45, 2.75) is 81.7 Å². The predicted octanol–water partition coefficient (Wildman–Crippen LogP) is 3.62. The van der Waals surface area contributed by atoms with Gasteiger partial charge in [-0.25, -0.2) is 19.9 Å². The minimum atomic E-state index is -0.429. The SMILES string of the molecule is CCOCc1nc2c(N)nc(C)c(C)c2n1C[C@@](C)(CO)COC.CCOCc1nc2c(N)nc(C)c(C)c2n1C[C@](C)(CO)COC. The molecule has 268 valence electrons. The molecule has 0 aliphatic rings. The van der Waals surface area contributed by atoms with Gasteiger partial charge in [-0.1, -0.05) is 13.8 Å². The Morgan fingerprint density at radius 3 is 1.29 bits per heavy atom. The highest BCUT2D eigenvalue weighted by molar-refractivity contribution is 5.89. The third-order valence-corrected chi connectivity index (χ3v) is 8.65. The van der Waals surface area contributed by atoms with Gasteiger partial charge in [0.15, 0.2) is 11.6 Å². The van der Waals surface area contributed by atoms with Crippen molar-refractivity contribution in [1.29, 1.82) is 0 Å². The first-order chi connectivity index (χ1) is 22.7. The summed E-state index contributed by atoms with van der Waals surface area (Å²) in [4.78, 5) is 18.1. The summed E-state index contributed by atoms with van der Waals surface area (Å²) in [5, 5.41) is 19.7. The van der Waals surface area contributed by atoms with E-state index >= 15 is 0 Å². The van der Waals surface area contributed by atoms with Crippen LogP contribution >= 0.6 is 0 Å². The molecule has 14 nitrogen and oxygen atoms in total. The number of nitrogens with two attached hydrogens (primary N) is 2. The summed E-state index contributed by atoms with van der Waals surface area (Å²) in [5.41, 5.74) is 18.4. The Morgan fingerprint density at radius 2 is 1.00 bits per heavy atom. The zero-order chi connectivity index (χ0) is 35.8. The maximum atomic E-state index is 9.85. The van der Waals surface area contributed by atoms with Crippen molar-refractivity contribution in [2.24, 2.45) is 10.8 Å². The second-order valence-electron chi connectivity index (χ2n) is 13.1. The van der Waals surface area contributed by atoms with Crippen molar-refractivity contribution < 1.29 is 29.2 Å². The number of aliphatic hydroxyl groups excluding tert-OH is 2. The van der Waals surface area contributed by atoms with Crippen LogP contribution in [-0.2, 0) is 45.3 Å². The first-order valence-corrected chi connectivity index (χ1v) is 16.3. The average Bonchev–Trinajstić information content (AvgIpc) is 3.59. The summed E-state index contributed by atoms with van der Waals surface area (Å²) in [7, 11) is 3.27. The highest BCUT2D eigenvalue weighted by atomic mass is 16.5. The van der Waals surface area contributed by atoms with Crippen molar-refractivity contribution in [3.63, 3.8) is 0 Å². The van der Waals surface area contributed by atoms with Crippen LogP contribution in [0.1, 0.15) is 61.9 Å². The molecule has 0 fully saturated rings. The third kappa shape index (κ3) is 8.60. The fourth-order valence-corrected chi connectivity index (χ4v) is 5.78. The van der Waals surface area contributed by atoms with Crippen molar-refractivity contribution in [1.82, 2.24) is 29.1 Å². The summed E-state index contributed by atoms with van der Waals surface area (Å²) in [6.45, 7) is 19.7. The maximum absolute atomic E-state index is 9.85. The van der Waals surface area contributed by atoms with E-state index in [4.69, 9.17) is 30.4 Å². The number of methoxy groups -OCH3 is 2. The van der Waals surface area contributed by atoms with E-state index in [9.17, 15) is 10.2 Å². The number of aromatic nitrogens is 6. The topological polar surface area (TPSA) is 191 Å². The van der Waals surface area contributed by atoms with Gasteiger partial charge in [-0.15, -0.1) is 0 Å². The second kappa shape index (κ2) is 16.8. The van der Waals surface area contributed by atoms with Crippen LogP contribution in [-0.4, -0.2) is 93.1 Å². The van der Waals surface area contributed by atoms with Gasteiger partial charge in [0.2, 0.25) is 0 Å². The van der Waals surface area contributed by atoms with Crippen LogP contribution in [0.2, 0.25) is 0 Å². The van der Waals surface area contributed by atoms with Crippen molar-refractivity contribution in [3.8, 4) is 0 Å². The number of aliphatic hydroxyl groups is 2. The molecule has 14 heteroatoms. The van der Waals surface area contributed by atoms with E-state index in [1.165, 1.54) is 0 Å². The lowest BCUT2D eigenvalue weighted by Crippen LogP contribution is -2.33. The quantitative estimate of drug-likeness (QED) is 0.135. The monoisotopic (exact) mass is 672 g/mol. The van der Waals surface area contributed by atoms with Crippen LogP contribution in [0.25, 0.3) is 22.1 Å². The van der Waals surface area contributed by atoms with E-state index in [-0.39, 0.29) is 13.2 Å². The Bertz CT molecular complexity index is 1550. The molecule has 4 aromatic rings. The smallest absolute Gasteiger partial charge is 0.151 e. The molecule has 0 aromatic carbocycles. The molecule has 0 radical (unpaired) electrons. The summed E-state index contributed by atoms with van der Waals surface area (Å²) in [6.07, 6.45) is 0. The molecule has 4 heterocycles. The molecule has 48 heavy (non-hydrogen) atoms. The highest BCUT2D eigenvalue weighted by Gasteiger charge is 2.29. The van der Waals surface area contributed by atoms with E-state index in [0.717, 1.165) is 45.2 Å². The Kier molecular flexibility index (Phi) is 13.7. The molecule has 0 spiro atoms. The Balaban J connectivity index is 0.000000260. The van der Waals surface area contributed by atoms with Gasteiger partial charge >= 0.3 is 0 Å². The summed E-state index contributed by atoms with van der Waals surface area (Å²) in [6, 6.07) is 0. The molecule has 4 aromatic heterocycles. The third-order valence-electron chi connectivity index (χ3n) is 8.65. The van der Waals surface area contributed by atoms with Crippen molar-refractivity contribution in [3.05, 3.63) is 34.2 Å². The Morgan fingerprint density at radius 1 is 0.646 bits per heavy atom. The van der Waals surface area contributed by atoms with Gasteiger partial charge in [-0.05, 0) is 52.7 Å². The molecule has 0 unspecified atom stereocenters. The Labute approximate surface area is 283 Å². The maximum Gasteiger partial charge on any atom is 0.151 e. The zero-order valence-corrected chi connectivity index (χ0v) is 30.4. The van der Waals surface area contributed by atoms with Crippen molar-refractivity contribution >= 4 is 33.7 Å². The van der Waals surface area contributed by atoms with Gasteiger partial charge in [0.05, 0.1) is 37.5 Å². The molecule has 0 saturated carbocycles. The molecule has 0 bridgehead atoms. The number of ether oxygens (including phenoxy) is 4. The lowest BCUT2D eigenvalue weighted by Gasteiger charge is -2.28. The summed E-state index contributed by atoms with van der Waals surface area (Å²) in [5.74, 6) is 2.40. The first-order valence-electron chi connectivity index (χ1n) is 16.3. The molecule has 0 amide bonds. The lowest BCUT2D eigenvalue weighted by atomic mass is 9.92. The fourth-order valence-electron chi connectivity index (χ4n) is 5.78. The number of imidazole rings is 2. The van der Waals surface area contributed by atoms with E-state index in [2.05, 4.69) is 29.1 Å². The van der Waals surface area contributed by atoms with Gasteiger partial charge in [0, 0.05) is 62.7 Å². The molecule has 0 aliphatic carbocycles. The van der Waals surface area contributed by atoms with Gasteiger partial charge in [-0.2, -0.15) is 0 Å². The number of aryl methyl sites for hydroxylation is 4. The molecule has 2 atom stereocenters. The van der Waals surface area contributed by atoms with E-state index in [1.807, 2.05) is 55.4 Å². The van der Waals surface area contributed by atoms with E-state index in [1.54, 1.807) is 14.2 Å². The first kappa shape index (κ1) is 39.0. The molecule has 0 aliphatic heterocycles. The number of fused-ring (bicyclic) bond motifs is 2. The number of rotatable bonds is 16. The van der Waals surface area contributed by atoms with Crippen molar-refractivity contribution in [2.75, 3.05) is 65.3 Å². The highest BCUT2D eigenvalue weighted by Crippen LogP contribution is 2.31. The van der Waals surface area contributed by atoms with Crippen LogP contribution in [0.4, 0.5) is 11.6 Å². The van der Waals surface area contributed by atoms with Crippen LogP contribution in [0, 0.1) is 38.5 Å². The number of anilines is 2. The molecular formula is C34H56N8O6. The van der Waals surface area contributed by atoms with Gasteiger partial charge in [-0.3, -0.25) is 0 Å². The number of hydrogen-bond donors (Lipinski definition) is 4. The lowest BCUT2D eigenvalue weighted by molar-refractivity contribution is 0.0289. The molecule has 4 rings (SSSR count). The van der Waals surface area contributed by atoms with Crippen LogP contribution in [0.15, 0.2) is 0 Å². The van der Waals surface area contributed by atoms with Crippen LogP contribution in [0.3, 0.4) is 0 Å². The second-order valence-corrected chi connectivity index (χ2v) is 13.1. The number of nitrogens with zero attached hydrogens (tertiary/aromatic N) is 6. The van der Waals surface area contributed by atoms with E-state index in [0.29, 0.717) is 75.4 Å². The molecular weight excluding hydrogens is 616 g/mol. The minimum Gasteiger partial charge on any atom is -0.396 e. The van der Waals surface area contributed by atoms with Gasteiger partial charge in [0.1, 0.15) is 35.9 Å². The Hall–Kier alpha value is -3.40. The van der Waals surface area contributed by atoms with E-state index < -0.39 is 10.8 Å². The largest absolute Gasteiger partial charge is 0.396 e.